The van der Waals surface area contributed by atoms with E-state index in [9.17, 15) is 0 Å². The average molecular weight is 288 g/mol. The normalized spacial score (nSPS) is 13.1. The summed E-state index contributed by atoms with van der Waals surface area (Å²) in [6, 6.07) is 0.547. The molecule has 0 aromatic carbocycles. The molecular formula is C12H22BrN3. The molecule has 0 saturated heterocycles. The van der Waals surface area contributed by atoms with E-state index < -0.39 is 0 Å². The van der Waals surface area contributed by atoms with Crippen LogP contribution in [0.15, 0.2) is 4.47 Å². The topological polar surface area (TPSA) is 29.9 Å². The van der Waals surface area contributed by atoms with Gasteiger partial charge in [0, 0.05) is 19.5 Å². The second-order valence-electron chi connectivity index (χ2n) is 4.23. The van der Waals surface area contributed by atoms with Gasteiger partial charge in [-0.2, -0.15) is 5.10 Å². The third-order valence-electron chi connectivity index (χ3n) is 2.88. The Labute approximate surface area is 107 Å². The largest absolute Gasteiger partial charge is 0.314 e. The summed E-state index contributed by atoms with van der Waals surface area (Å²) in [6.07, 6.45) is 3.37. The van der Waals surface area contributed by atoms with Crippen molar-refractivity contribution < 1.29 is 0 Å². The maximum Gasteiger partial charge on any atom is 0.0738 e. The molecule has 0 fully saturated rings. The third-order valence-corrected chi connectivity index (χ3v) is 3.91. The van der Waals surface area contributed by atoms with Crippen LogP contribution >= 0.6 is 15.9 Å². The highest BCUT2D eigenvalue weighted by Crippen LogP contribution is 2.21. The molecular weight excluding hydrogens is 266 g/mol. The highest BCUT2D eigenvalue weighted by molar-refractivity contribution is 9.10. The van der Waals surface area contributed by atoms with Gasteiger partial charge in [0.05, 0.1) is 15.9 Å². The molecule has 1 aromatic heterocycles. The molecule has 1 rings (SSSR count). The smallest absolute Gasteiger partial charge is 0.0738 e. The highest BCUT2D eigenvalue weighted by Gasteiger charge is 2.14. The molecule has 0 spiro atoms. The summed E-state index contributed by atoms with van der Waals surface area (Å²) in [7, 11) is 2.01. The summed E-state index contributed by atoms with van der Waals surface area (Å²) in [5.74, 6) is 0. The molecule has 1 aromatic rings. The molecule has 0 bridgehead atoms. The molecule has 4 heteroatoms. The molecule has 0 saturated carbocycles. The van der Waals surface area contributed by atoms with Gasteiger partial charge in [0.15, 0.2) is 0 Å². The summed E-state index contributed by atoms with van der Waals surface area (Å²) in [5.41, 5.74) is 2.36. The van der Waals surface area contributed by atoms with Crippen molar-refractivity contribution in [3.63, 3.8) is 0 Å². The Morgan fingerprint density at radius 1 is 1.44 bits per heavy atom. The van der Waals surface area contributed by atoms with Gasteiger partial charge in [-0.15, -0.1) is 0 Å². The zero-order valence-corrected chi connectivity index (χ0v) is 12.3. The molecule has 1 heterocycles. The number of aryl methyl sites for hydroxylation is 2. The van der Waals surface area contributed by atoms with Crippen LogP contribution in [0.5, 0.6) is 0 Å². The van der Waals surface area contributed by atoms with Gasteiger partial charge in [0.1, 0.15) is 0 Å². The molecule has 0 radical (unpaired) electrons. The minimum absolute atomic E-state index is 0.547. The number of hydrogen-bond acceptors (Lipinski definition) is 2. The third kappa shape index (κ3) is 3.32. The molecule has 3 nitrogen and oxygen atoms in total. The second kappa shape index (κ2) is 6.40. The summed E-state index contributed by atoms with van der Waals surface area (Å²) < 4.78 is 3.14. The lowest BCUT2D eigenvalue weighted by molar-refractivity contribution is 0.480. The maximum atomic E-state index is 4.42. The molecule has 0 aliphatic heterocycles. The number of nitrogens with one attached hydrogen (secondary N) is 1. The molecule has 0 aliphatic rings. The Morgan fingerprint density at radius 2 is 2.12 bits per heavy atom. The van der Waals surface area contributed by atoms with E-state index in [2.05, 4.69) is 40.2 Å². The predicted molar refractivity (Wildman–Crippen MR) is 71.7 cm³/mol. The van der Waals surface area contributed by atoms with E-state index in [1.807, 2.05) is 18.7 Å². The summed E-state index contributed by atoms with van der Waals surface area (Å²) in [5, 5.41) is 7.99. The first-order valence-electron chi connectivity index (χ1n) is 6.01. The van der Waals surface area contributed by atoms with Crippen molar-refractivity contribution in [1.82, 2.24) is 15.1 Å². The Hall–Kier alpha value is -0.350. The first-order valence-corrected chi connectivity index (χ1v) is 6.80. The number of rotatable bonds is 6. The average Bonchev–Trinajstić information content (AvgIpc) is 2.50. The van der Waals surface area contributed by atoms with E-state index in [1.165, 1.54) is 12.1 Å². The van der Waals surface area contributed by atoms with Gasteiger partial charge in [-0.3, -0.25) is 4.68 Å². The van der Waals surface area contributed by atoms with E-state index in [0.717, 1.165) is 29.6 Å². The van der Waals surface area contributed by atoms with E-state index in [4.69, 9.17) is 0 Å². The van der Waals surface area contributed by atoms with E-state index in [-0.39, 0.29) is 0 Å². The van der Waals surface area contributed by atoms with Crippen molar-refractivity contribution in [3.8, 4) is 0 Å². The molecule has 1 atom stereocenters. The first kappa shape index (κ1) is 13.7. The Balaban J connectivity index is 2.69. The van der Waals surface area contributed by atoms with Crippen LogP contribution in [0.25, 0.3) is 0 Å². The van der Waals surface area contributed by atoms with Crippen molar-refractivity contribution in [2.45, 2.75) is 46.1 Å². The van der Waals surface area contributed by atoms with Gasteiger partial charge >= 0.3 is 0 Å². The highest BCUT2D eigenvalue weighted by atomic mass is 79.9. The van der Waals surface area contributed by atoms with Gasteiger partial charge < -0.3 is 5.32 Å². The summed E-state index contributed by atoms with van der Waals surface area (Å²) in [6.45, 7) is 7.55. The number of hydrogen-bond donors (Lipinski definition) is 1. The second-order valence-corrected chi connectivity index (χ2v) is 5.03. The molecule has 92 valence electrons. The molecule has 1 N–H and O–H groups in total. The lowest BCUT2D eigenvalue weighted by atomic mass is 10.1. The fraction of sp³-hybridized carbons (Fsp3) is 0.750. The number of halogens is 1. The quantitative estimate of drug-likeness (QED) is 0.872. The van der Waals surface area contributed by atoms with Crippen molar-refractivity contribution in [2.24, 2.45) is 7.05 Å². The fourth-order valence-corrected chi connectivity index (χ4v) is 2.34. The molecule has 0 amide bonds. The predicted octanol–water partition coefficient (Wildman–Crippen LogP) is 2.81. The van der Waals surface area contributed by atoms with E-state index >= 15 is 0 Å². The van der Waals surface area contributed by atoms with Gasteiger partial charge in [0.25, 0.3) is 0 Å². The van der Waals surface area contributed by atoms with E-state index in [1.54, 1.807) is 0 Å². The minimum Gasteiger partial charge on any atom is -0.314 e. The van der Waals surface area contributed by atoms with Gasteiger partial charge in [-0.05, 0) is 42.2 Å². The fourth-order valence-electron chi connectivity index (χ4n) is 1.84. The standard InChI is InChI=1S/C12H22BrN3/c1-5-7-14-10(6-2)8-11-12(13)9(3)15-16(11)4/h10,14H,5-8H2,1-4H3. The number of aromatic nitrogens is 2. The van der Waals surface area contributed by atoms with E-state index in [0.29, 0.717) is 6.04 Å². The van der Waals surface area contributed by atoms with Crippen molar-refractivity contribution in [1.29, 1.82) is 0 Å². The summed E-state index contributed by atoms with van der Waals surface area (Å²) in [4.78, 5) is 0. The minimum atomic E-state index is 0.547. The van der Waals surface area contributed by atoms with Gasteiger partial charge in [-0.25, -0.2) is 0 Å². The van der Waals surface area contributed by atoms with Crippen LogP contribution in [0, 0.1) is 6.92 Å². The van der Waals surface area contributed by atoms with Crippen molar-refractivity contribution in [2.75, 3.05) is 6.54 Å². The van der Waals surface area contributed by atoms with Crippen LogP contribution in [0.2, 0.25) is 0 Å². The monoisotopic (exact) mass is 287 g/mol. The van der Waals surface area contributed by atoms with Crippen LogP contribution in [-0.4, -0.2) is 22.4 Å². The lowest BCUT2D eigenvalue weighted by Crippen LogP contribution is -2.31. The van der Waals surface area contributed by atoms with Crippen LogP contribution in [0.1, 0.15) is 38.1 Å². The van der Waals surface area contributed by atoms with Gasteiger partial charge in [-0.1, -0.05) is 13.8 Å². The van der Waals surface area contributed by atoms with Gasteiger partial charge in [0.2, 0.25) is 0 Å². The van der Waals surface area contributed by atoms with Crippen LogP contribution in [0.4, 0.5) is 0 Å². The maximum absolute atomic E-state index is 4.42. The number of nitrogens with zero attached hydrogens (tertiary/aromatic N) is 2. The lowest BCUT2D eigenvalue weighted by Gasteiger charge is -2.16. The van der Waals surface area contributed by atoms with Crippen LogP contribution in [-0.2, 0) is 13.5 Å². The Kier molecular flexibility index (Phi) is 5.49. The molecule has 1 unspecified atom stereocenters. The molecule has 16 heavy (non-hydrogen) atoms. The Bertz CT molecular complexity index is 333. The van der Waals surface area contributed by atoms with Crippen LogP contribution < -0.4 is 5.32 Å². The van der Waals surface area contributed by atoms with Crippen LogP contribution in [0.3, 0.4) is 0 Å². The Morgan fingerprint density at radius 3 is 2.56 bits per heavy atom. The van der Waals surface area contributed by atoms with Crippen molar-refractivity contribution in [3.05, 3.63) is 15.9 Å². The summed E-state index contributed by atoms with van der Waals surface area (Å²) >= 11 is 3.62. The zero-order valence-electron chi connectivity index (χ0n) is 10.7. The zero-order chi connectivity index (χ0) is 12.1. The first-order chi connectivity index (χ1) is 7.60. The van der Waals surface area contributed by atoms with Crippen molar-refractivity contribution >= 4 is 15.9 Å². The SMILES string of the molecule is CCCNC(CC)Cc1c(Br)c(C)nn1C. The molecule has 0 aliphatic carbocycles.